The third-order valence-corrected chi connectivity index (χ3v) is 6.40. The number of pyridine rings is 1. The van der Waals surface area contributed by atoms with Crippen LogP contribution in [-0.2, 0) is 0 Å². The number of amides is 1. The van der Waals surface area contributed by atoms with E-state index in [0.717, 1.165) is 36.0 Å². The third-order valence-electron chi connectivity index (χ3n) is 6.40. The average molecular weight is 326 g/mol. The summed E-state index contributed by atoms with van der Waals surface area (Å²) in [5.41, 5.74) is 7.10. The largest absolute Gasteiger partial charge is 0.390 e. The van der Waals surface area contributed by atoms with Crippen molar-refractivity contribution in [1.29, 1.82) is 0 Å². The number of anilines is 1. The van der Waals surface area contributed by atoms with Gasteiger partial charge in [0.25, 0.3) is 5.91 Å². The van der Waals surface area contributed by atoms with Gasteiger partial charge in [-0.2, -0.15) is 0 Å². The van der Waals surface area contributed by atoms with Crippen LogP contribution in [-0.4, -0.2) is 32.6 Å². The summed E-state index contributed by atoms with van der Waals surface area (Å²) in [6.45, 7) is 0. The van der Waals surface area contributed by atoms with Crippen LogP contribution in [0.15, 0.2) is 18.5 Å². The molecule has 2 heterocycles. The van der Waals surface area contributed by atoms with Crippen LogP contribution in [0.3, 0.4) is 0 Å². The zero-order valence-electron chi connectivity index (χ0n) is 13.5. The van der Waals surface area contributed by atoms with Crippen molar-refractivity contribution < 1.29 is 9.90 Å². The highest BCUT2D eigenvalue weighted by Crippen LogP contribution is 2.56. The number of nitrogens with zero attached hydrogens (tertiary/aromatic N) is 1. The smallest absolute Gasteiger partial charge is 0.252 e. The van der Waals surface area contributed by atoms with E-state index in [1.165, 1.54) is 12.8 Å². The van der Waals surface area contributed by atoms with E-state index in [0.29, 0.717) is 29.4 Å². The van der Waals surface area contributed by atoms with Crippen molar-refractivity contribution in [1.82, 2.24) is 9.97 Å². The minimum absolute atomic E-state index is 0.292. The molecule has 0 unspecified atom stereocenters. The van der Waals surface area contributed by atoms with Crippen LogP contribution in [0.2, 0.25) is 0 Å². The van der Waals surface area contributed by atoms with Crippen molar-refractivity contribution in [3.8, 4) is 0 Å². The number of fused-ring (bicyclic) bond motifs is 1. The Balaban J connectivity index is 1.54. The molecule has 24 heavy (non-hydrogen) atoms. The molecular formula is C18H22N4O2. The summed E-state index contributed by atoms with van der Waals surface area (Å²) in [5.74, 6) is 1.12. The Labute approximate surface area is 139 Å². The van der Waals surface area contributed by atoms with Crippen LogP contribution < -0.4 is 11.1 Å². The molecule has 126 valence electrons. The van der Waals surface area contributed by atoms with Gasteiger partial charge in [-0.15, -0.1) is 0 Å². The van der Waals surface area contributed by atoms with E-state index in [9.17, 15) is 9.90 Å². The van der Waals surface area contributed by atoms with Crippen molar-refractivity contribution >= 4 is 22.6 Å². The topological polar surface area (TPSA) is 104 Å². The van der Waals surface area contributed by atoms with Crippen molar-refractivity contribution in [2.24, 2.45) is 23.5 Å². The van der Waals surface area contributed by atoms with Crippen LogP contribution >= 0.6 is 0 Å². The number of primary amides is 1. The first-order valence-corrected chi connectivity index (χ1v) is 8.77. The van der Waals surface area contributed by atoms with Gasteiger partial charge >= 0.3 is 0 Å². The van der Waals surface area contributed by atoms with Gasteiger partial charge in [0.2, 0.25) is 0 Å². The van der Waals surface area contributed by atoms with Crippen LogP contribution in [0.5, 0.6) is 0 Å². The first-order valence-electron chi connectivity index (χ1n) is 8.77. The summed E-state index contributed by atoms with van der Waals surface area (Å²) >= 11 is 0. The Morgan fingerprint density at radius 3 is 2.75 bits per heavy atom. The highest BCUT2D eigenvalue weighted by atomic mass is 16.3. The second-order valence-electron chi connectivity index (χ2n) is 8.02. The Morgan fingerprint density at radius 2 is 2.08 bits per heavy atom. The van der Waals surface area contributed by atoms with E-state index in [1.54, 1.807) is 6.20 Å². The number of carbonyl (C=O) groups is 1. The zero-order chi connectivity index (χ0) is 16.5. The molecule has 4 fully saturated rings. The molecule has 4 bridgehead atoms. The Morgan fingerprint density at radius 1 is 1.33 bits per heavy atom. The predicted molar refractivity (Wildman–Crippen MR) is 90.5 cm³/mol. The number of rotatable bonds is 3. The first-order chi connectivity index (χ1) is 11.5. The number of hydrogen-bond donors (Lipinski definition) is 4. The summed E-state index contributed by atoms with van der Waals surface area (Å²) in [6.07, 6.45) is 8.42. The average Bonchev–Trinajstić information content (AvgIpc) is 2.97. The molecule has 0 aromatic carbocycles. The molecule has 6 nitrogen and oxygen atoms in total. The number of aliphatic hydroxyl groups is 1. The van der Waals surface area contributed by atoms with Crippen LogP contribution in [0, 0.1) is 17.8 Å². The summed E-state index contributed by atoms with van der Waals surface area (Å²) in [6, 6.07) is 2.22. The van der Waals surface area contributed by atoms with Gasteiger partial charge in [0.1, 0.15) is 5.65 Å². The van der Waals surface area contributed by atoms with E-state index in [1.807, 2.05) is 12.3 Å². The maximum absolute atomic E-state index is 11.9. The molecule has 5 atom stereocenters. The number of carbonyl (C=O) groups excluding carboxylic acids is 1. The SMILES string of the molecule is NC(=O)c1cnc2[nH]ccc2c1N[C@@H]1[C@@H]2C[C@@H]3C[C@H]1C[C@@](O)(C3)C2. The lowest BCUT2D eigenvalue weighted by atomic mass is 9.52. The fraction of sp³-hybridized carbons (Fsp3) is 0.556. The molecule has 0 saturated heterocycles. The summed E-state index contributed by atoms with van der Waals surface area (Å²) < 4.78 is 0. The van der Waals surface area contributed by atoms with E-state index < -0.39 is 11.5 Å². The molecule has 2 aromatic heterocycles. The van der Waals surface area contributed by atoms with Gasteiger partial charge in [0.15, 0.2) is 0 Å². The first kappa shape index (κ1) is 14.3. The molecule has 0 aliphatic heterocycles. The molecule has 4 saturated carbocycles. The number of H-pyrrole nitrogens is 1. The maximum atomic E-state index is 11.9. The second kappa shape index (κ2) is 4.72. The van der Waals surface area contributed by atoms with E-state index in [-0.39, 0.29) is 0 Å². The number of nitrogens with two attached hydrogens (primary N) is 1. The quantitative estimate of drug-likeness (QED) is 0.692. The van der Waals surface area contributed by atoms with E-state index >= 15 is 0 Å². The summed E-state index contributed by atoms with van der Waals surface area (Å²) in [5, 5.41) is 15.3. The molecule has 2 aromatic rings. The van der Waals surface area contributed by atoms with Gasteiger partial charge < -0.3 is 21.1 Å². The van der Waals surface area contributed by atoms with Crippen LogP contribution in [0.4, 0.5) is 5.69 Å². The lowest BCUT2D eigenvalue weighted by Gasteiger charge is -2.58. The lowest BCUT2D eigenvalue weighted by molar-refractivity contribution is -0.129. The molecule has 0 radical (unpaired) electrons. The van der Waals surface area contributed by atoms with Crippen molar-refractivity contribution in [3.05, 3.63) is 24.0 Å². The van der Waals surface area contributed by atoms with Gasteiger partial charge in [-0.25, -0.2) is 4.98 Å². The van der Waals surface area contributed by atoms with Gasteiger partial charge in [0.05, 0.1) is 16.9 Å². The van der Waals surface area contributed by atoms with Crippen molar-refractivity contribution in [3.63, 3.8) is 0 Å². The molecular weight excluding hydrogens is 304 g/mol. The Bertz CT molecular complexity index is 814. The molecule has 0 spiro atoms. The van der Waals surface area contributed by atoms with Gasteiger partial charge in [-0.3, -0.25) is 4.79 Å². The molecule has 4 aliphatic rings. The standard InChI is InChI=1S/C18H22N4O2/c19-16(23)13-8-21-17-12(1-2-20-17)15(13)22-14-10-3-9-4-11(14)7-18(24,5-9)6-10/h1-2,8-11,14,24H,3-7H2,(H2,19,23)(H2,20,21,22)/t9-,10-,11+,14-,18-. The second-order valence-corrected chi connectivity index (χ2v) is 8.02. The van der Waals surface area contributed by atoms with Crippen molar-refractivity contribution in [2.75, 3.05) is 5.32 Å². The van der Waals surface area contributed by atoms with E-state index in [4.69, 9.17) is 5.73 Å². The maximum Gasteiger partial charge on any atom is 0.252 e. The van der Waals surface area contributed by atoms with Gasteiger partial charge in [0, 0.05) is 23.8 Å². The van der Waals surface area contributed by atoms with Gasteiger partial charge in [-0.05, 0) is 55.9 Å². The lowest BCUT2D eigenvalue weighted by Crippen LogP contribution is -2.59. The number of aromatic amines is 1. The number of nitrogens with one attached hydrogen (secondary N) is 2. The van der Waals surface area contributed by atoms with Crippen molar-refractivity contribution in [2.45, 2.75) is 43.7 Å². The summed E-state index contributed by atoms with van der Waals surface area (Å²) in [4.78, 5) is 19.3. The minimum atomic E-state index is -0.462. The molecule has 6 rings (SSSR count). The normalized spacial score (nSPS) is 37.0. The predicted octanol–water partition coefficient (Wildman–Crippen LogP) is 2.01. The molecule has 6 heteroatoms. The van der Waals surface area contributed by atoms with Gasteiger partial charge in [-0.1, -0.05) is 0 Å². The molecule has 5 N–H and O–H groups in total. The third kappa shape index (κ3) is 1.99. The minimum Gasteiger partial charge on any atom is -0.390 e. The fourth-order valence-corrected chi connectivity index (χ4v) is 5.73. The Kier molecular flexibility index (Phi) is 2.81. The van der Waals surface area contributed by atoms with Crippen LogP contribution in [0.1, 0.15) is 42.5 Å². The van der Waals surface area contributed by atoms with Crippen LogP contribution in [0.25, 0.3) is 11.0 Å². The number of hydrogen-bond acceptors (Lipinski definition) is 4. The zero-order valence-corrected chi connectivity index (χ0v) is 13.5. The fourth-order valence-electron chi connectivity index (χ4n) is 5.73. The highest BCUT2D eigenvalue weighted by Gasteiger charge is 2.54. The summed E-state index contributed by atoms with van der Waals surface area (Å²) in [7, 11) is 0. The van der Waals surface area contributed by atoms with E-state index in [2.05, 4.69) is 15.3 Å². The Hall–Kier alpha value is -2.08. The monoisotopic (exact) mass is 326 g/mol. The molecule has 1 amide bonds. The highest BCUT2D eigenvalue weighted by molar-refractivity contribution is 6.06. The molecule has 4 aliphatic carbocycles. The number of aromatic nitrogens is 2.